The molecule has 3 rings (SSSR count). The summed E-state index contributed by atoms with van der Waals surface area (Å²) in [4.78, 5) is 12.5. The first-order valence-corrected chi connectivity index (χ1v) is 10.3. The van der Waals surface area contributed by atoms with Crippen molar-refractivity contribution in [2.24, 2.45) is 0 Å². The van der Waals surface area contributed by atoms with E-state index < -0.39 is 10.0 Å². The zero-order valence-corrected chi connectivity index (χ0v) is 16.4. The smallest absolute Gasteiger partial charge is 0.255 e. The van der Waals surface area contributed by atoms with Crippen LogP contribution in [0.15, 0.2) is 56.3 Å². The molecule has 0 spiro atoms. The Morgan fingerprint density at radius 2 is 1.83 bits per heavy atom. The molecule has 0 unspecified atom stereocenters. The molecule has 2 aromatic rings. The van der Waals surface area contributed by atoms with Crippen molar-refractivity contribution < 1.29 is 13.2 Å². The third kappa shape index (κ3) is 4.24. The molecule has 1 aliphatic carbocycles. The van der Waals surface area contributed by atoms with Gasteiger partial charge in [-0.05, 0) is 65.2 Å². The molecule has 24 heavy (non-hydrogen) atoms. The van der Waals surface area contributed by atoms with Gasteiger partial charge in [-0.3, -0.25) is 4.79 Å². The van der Waals surface area contributed by atoms with Gasteiger partial charge in [0.05, 0.1) is 10.6 Å². The summed E-state index contributed by atoms with van der Waals surface area (Å²) in [6, 6.07) is 11.4. The average Bonchev–Trinajstić information content (AvgIpc) is 3.33. The number of sulfonamides is 1. The molecule has 2 aromatic carbocycles. The van der Waals surface area contributed by atoms with Gasteiger partial charge >= 0.3 is 0 Å². The van der Waals surface area contributed by atoms with Crippen LogP contribution in [0.1, 0.15) is 23.2 Å². The Bertz CT molecular complexity index is 896. The molecule has 1 saturated carbocycles. The second-order valence-electron chi connectivity index (χ2n) is 5.50. The summed E-state index contributed by atoms with van der Waals surface area (Å²) in [6.07, 6.45) is 1.72. The maximum Gasteiger partial charge on any atom is 0.255 e. The van der Waals surface area contributed by atoms with Crippen LogP contribution in [-0.2, 0) is 10.0 Å². The molecule has 0 bridgehead atoms. The summed E-state index contributed by atoms with van der Waals surface area (Å²) in [5, 5.41) is 2.76. The molecular formula is C16H14Br2N2O3S. The fourth-order valence-electron chi connectivity index (χ4n) is 2.08. The van der Waals surface area contributed by atoms with E-state index in [0.29, 0.717) is 5.69 Å². The van der Waals surface area contributed by atoms with Crippen molar-refractivity contribution in [3.63, 3.8) is 0 Å². The molecule has 0 radical (unpaired) electrons. The minimum Gasteiger partial charge on any atom is -0.321 e. The number of amides is 1. The lowest BCUT2D eigenvalue weighted by molar-refractivity contribution is 0.102. The molecule has 0 aliphatic heterocycles. The number of benzene rings is 2. The Balaban J connectivity index is 1.81. The highest BCUT2D eigenvalue weighted by Gasteiger charge is 2.28. The Labute approximate surface area is 157 Å². The maximum atomic E-state index is 12.4. The number of hydrogen-bond acceptors (Lipinski definition) is 3. The first-order valence-electron chi connectivity index (χ1n) is 7.24. The van der Waals surface area contributed by atoms with E-state index in [2.05, 4.69) is 41.9 Å². The molecule has 1 amide bonds. The molecule has 1 fully saturated rings. The Hall–Kier alpha value is -1.22. The quantitative estimate of drug-likeness (QED) is 0.691. The number of halogens is 2. The van der Waals surface area contributed by atoms with Crippen LogP contribution >= 0.6 is 31.9 Å². The normalized spacial score (nSPS) is 14.4. The maximum absolute atomic E-state index is 12.4. The number of anilines is 1. The number of rotatable bonds is 5. The van der Waals surface area contributed by atoms with Crippen LogP contribution in [-0.4, -0.2) is 20.4 Å². The second-order valence-corrected chi connectivity index (χ2v) is 8.99. The highest BCUT2D eigenvalue weighted by molar-refractivity contribution is 9.11. The van der Waals surface area contributed by atoms with Gasteiger partial charge in [-0.15, -0.1) is 0 Å². The summed E-state index contributed by atoms with van der Waals surface area (Å²) in [6.45, 7) is 0. The van der Waals surface area contributed by atoms with Gasteiger partial charge in [-0.1, -0.05) is 22.0 Å². The largest absolute Gasteiger partial charge is 0.321 e. The molecule has 126 valence electrons. The molecule has 2 N–H and O–H groups in total. The third-order valence-corrected chi connectivity index (χ3v) is 6.15. The van der Waals surface area contributed by atoms with Crippen molar-refractivity contribution in [2.75, 3.05) is 5.32 Å². The van der Waals surface area contributed by atoms with Gasteiger partial charge in [0.15, 0.2) is 0 Å². The number of carbonyl (C=O) groups excluding carboxylic acids is 1. The second kappa shape index (κ2) is 6.95. The summed E-state index contributed by atoms with van der Waals surface area (Å²) < 4.78 is 28.7. The van der Waals surface area contributed by atoms with Crippen molar-refractivity contribution in [1.82, 2.24) is 4.72 Å². The number of nitrogens with one attached hydrogen (secondary N) is 2. The van der Waals surface area contributed by atoms with Crippen LogP contribution in [0, 0.1) is 0 Å². The van der Waals surface area contributed by atoms with Crippen LogP contribution in [0.4, 0.5) is 5.69 Å². The van der Waals surface area contributed by atoms with Crippen LogP contribution in [0.25, 0.3) is 0 Å². The fraction of sp³-hybridized carbons (Fsp3) is 0.188. The van der Waals surface area contributed by atoms with Crippen molar-refractivity contribution in [2.45, 2.75) is 23.8 Å². The monoisotopic (exact) mass is 472 g/mol. The van der Waals surface area contributed by atoms with Crippen molar-refractivity contribution in [3.05, 3.63) is 57.0 Å². The van der Waals surface area contributed by atoms with E-state index in [0.717, 1.165) is 21.8 Å². The zero-order chi connectivity index (χ0) is 17.3. The third-order valence-electron chi connectivity index (χ3n) is 3.49. The molecular weight excluding hydrogens is 460 g/mol. The van der Waals surface area contributed by atoms with Gasteiger partial charge < -0.3 is 5.32 Å². The standard InChI is InChI=1S/C16H14Br2N2O3S/c17-11-4-7-15(14(18)9-11)19-16(21)10-2-1-3-13(8-10)24(22,23)20-12-5-6-12/h1-4,7-9,12,20H,5-6H2,(H,19,21). The first-order chi connectivity index (χ1) is 11.3. The minimum absolute atomic E-state index is 0.0196. The summed E-state index contributed by atoms with van der Waals surface area (Å²) >= 11 is 6.72. The van der Waals surface area contributed by atoms with Crippen molar-refractivity contribution in [1.29, 1.82) is 0 Å². The number of hydrogen-bond donors (Lipinski definition) is 2. The average molecular weight is 474 g/mol. The Morgan fingerprint density at radius 1 is 1.08 bits per heavy atom. The van der Waals surface area contributed by atoms with Crippen molar-refractivity contribution >= 4 is 53.5 Å². The summed E-state index contributed by atoms with van der Waals surface area (Å²) in [5.74, 6) is -0.374. The van der Waals surface area contributed by atoms with Gasteiger partial charge in [0.1, 0.15) is 0 Å². The lowest BCUT2D eigenvalue weighted by Crippen LogP contribution is -2.26. The lowest BCUT2D eigenvalue weighted by Gasteiger charge is -2.10. The predicted molar refractivity (Wildman–Crippen MR) is 99.6 cm³/mol. The van der Waals surface area contributed by atoms with Crippen LogP contribution < -0.4 is 10.0 Å². The molecule has 0 saturated heterocycles. The summed E-state index contributed by atoms with van der Waals surface area (Å²) in [5.41, 5.74) is 0.885. The van der Waals surface area contributed by atoms with E-state index in [-0.39, 0.29) is 22.4 Å². The number of carbonyl (C=O) groups is 1. The Kier molecular flexibility index (Phi) is 5.10. The molecule has 8 heteroatoms. The minimum atomic E-state index is -3.59. The summed E-state index contributed by atoms with van der Waals surface area (Å²) in [7, 11) is -3.59. The van der Waals surface area contributed by atoms with Crippen LogP contribution in [0.2, 0.25) is 0 Å². The fourth-order valence-corrected chi connectivity index (χ4v) is 4.58. The van der Waals surface area contributed by atoms with Gasteiger partial charge in [0.2, 0.25) is 10.0 Å². The highest BCUT2D eigenvalue weighted by Crippen LogP contribution is 2.27. The van der Waals surface area contributed by atoms with E-state index in [1.54, 1.807) is 24.3 Å². The zero-order valence-electron chi connectivity index (χ0n) is 12.4. The topological polar surface area (TPSA) is 75.3 Å². The molecule has 0 atom stereocenters. The van der Waals surface area contributed by atoms with Gasteiger partial charge in [0.25, 0.3) is 5.91 Å². The van der Waals surface area contributed by atoms with Gasteiger partial charge in [-0.25, -0.2) is 13.1 Å². The molecule has 0 aromatic heterocycles. The molecule has 0 heterocycles. The van der Waals surface area contributed by atoms with Gasteiger partial charge in [-0.2, -0.15) is 0 Å². The molecule has 1 aliphatic rings. The van der Waals surface area contributed by atoms with E-state index in [9.17, 15) is 13.2 Å². The van der Waals surface area contributed by atoms with E-state index in [4.69, 9.17) is 0 Å². The van der Waals surface area contributed by atoms with E-state index in [1.165, 1.54) is 12.1 Å². The van der Waals surface area contributed by atoms with Gasteiger partial charge in [0, 0.05) is 20.6 Å². The van der Waals surface area contributed by atoms with Crippen LogP contribution in [0.3, 0.4) is 0 Å². The predicted octanol–water partition coefficient (Wildman–Crippen LogP) is 3.90. The van der Waals surface area contributed by atoms with E-state index in [1.807, 2.05) is 6.07 Å². The highest BCUT2D eigenvalue weighted by atomic mass is 79.9. The first kappa shape index (κ1) is 17.6. The SMILES string of the molecule is O=C(Nc1ccc(Br)cc1Br)c1cccc(S(=O)(=O)NC2CC2)c1. The Morgan fingerprint density at radius 3 is 2.50 bits per heavy atom. The molecule has 5 nitrogen and oxygen atoms in total. The van der Waals surface area contributed by atoms with Crippen LogP contribution in [0.5, 0.6) is 0 Å². The van der Waals surface area contributed by atoms with E-state index >= 15 is 0 Å². The lowest BCUT2D eigenvalue weighted by atomic mass is 10.2. The van der Waals surface area contributed by atoms with Crippen molar-refractivity contribution in [3.8, 4) is 0 Å².